The maximum Gasteiger partial charge on any atom is 0.258 e. The predicted molar refractivity (Wildman–Crippen MR) is 68.6 cm³/mol. The smallest absolute Gasteiger partial charge is 0.258 e. The topological polar surface area (TPSA) is 62.5 Å². The van der Waals surface area contributed by atoms with Crippen molar-refractivity contribution in [2.45, 2.75) is 13.3 Å². The van der Waals surface area contributed by atoms with Crippen LogP contribution >= 0.6 is 0 Å². The highest BCUT2D eigenvalue weighted by Crippen LogP contribution is 2.13. The molecule has 0 aliphatic rings. The Balaban J connectivity index is 2.03. The zero-order chi connectivity index (χ0) is 13.0. The standard InChI is InChI=1S/C14H15NO3/c1-10-8-12(9-18-10)14(17)15-13-4-2-11(3-5-13)6-7-16/h2-5,8-9,16H,6-7H2,1H3,(H,15,17). The van der Waals surface area contributed by atoms with E-state index < -0.39 is 0 Å². The first kappa shape index (κ1) is 12.4. The number of nitrogens with one attached hydrogen (secondary N) is 1. The van der Waals surface area contributed by atoms with Crippen LogP contribution in [0.3, 0.4) is 0 Å². The van der Waals surface area contributed by atoms with E-state index in [4.69, 9.17) is 9.52 Å². The Bertz CT molecular complexity index is 528. The van der Waals surface area contributed by atoms with Gasteiger partial charge in [-0.25, -0.2) is 0 Å². The molecule has 1 aromatic carbocycles. The van der Waals surface area contributed by atoms with Gasteiger partial charge in [-0.2, -0.15) is 0 Å². The van der Waals surface area contributed by atoms with E-state index in [1.807, 2.05) is 24.3 Å². The van der Waals surface area contributed by atoms with E-state index in [1.54, 1.807) is 13.0 Å². The molecule has 0 bridgehead atoms. The predicted octanol–water partition coefficient (Wildman–Crippen LogP) is 2.38. The number of amides is 1. The number of aliphatic hydroxyl groups is 1. The number of furan rings is 1. The van der Waals surface area contributed by atoms with Crippen LogP contribution in [0.5, 0.6) is 0 Å². The summed E-state index contributed by atoms with van der Waals surface area (Å²) >= 11 is 0. The van der Waals surface area contributed by atoms with Gasteiger partial charge in [-0.15, -0.1) is 0 Å². The summed E-state index contributed by atoms with van der Waals surface area (Å²) in [6.07, 6.45) is 2.06. The second-order valence-corrected chi connectivity index (χ2v) is 4.07. The number of carbonyl (C=O) groups is 1. The summed E-state index contributed by atoms with van der Waals surface area (Å²) in [5.74, 6) is 0.514. The summed E-state index contributed by atoms with van der Waals surface area (Å²) in [4.78, 5) is 11.8. The number of carbonyl (C=O) groups excluding carboxylic acids is 1. The Labute approximate surface area is 105 Å². The van der Waals surface area contributed by atoms with Crippen molar-refractivity contribution in [2.75, 3.05) is 11.9 Å². The quantitative estimate of drug-likeness (QED) is 0.869. The molecule has 1 aromatic heterocycles. The Morgan fingerprint density at radius 2 is 2.06 bits per heavy atom. The number of aliphatic hydroxyl groups excluding tert-OH is 1. The Morgan fingerprint density at radius 3 is 2.61 bits per heavy atom. The van der Waals surface area contributed by atoms with E-state index in [-0.39, 0.29) is 12.5 Å². The Hall–Kier alpha value is -2.07. The molecule has 0 unspecified atom stereocenters. The monoisotopic (exact) mass is 245 g/mol. The normalized spacial score (nSPS) is 10.3. The van der Waals surface area contributed by atoms with Crippen molar-refractivity contribution < 1.29 is 14.3 Å². The van der Waals surface area contributed by atoms with E-state index in [9.17, 15) is 4.79 Å². The minimum atomic E-state index is -0.193. The Kier molecular flexibility index (Phi) is 3.79. The maximum absolute atomic E-state index is 11.8. The first-order valence-corrected chi connectivity index (χ1v) is 5.75. The number of hydrogen-bond donors (Lipinski definition) is 2. The molecule has 0 aliphatic heterocycles. The molecular formula is C14H15NO3. The van der Waals surface area contributed by atoms with Gasteiger partial charge in [-0.05, 0) is 37.1 Å². The van der Waals surface area contributed by atoms with Gasteiger partial charge >= 0.3 is 0 Å². The summed E-state index contributed by atoms with van der Waals surface area (Å²) in [6.45, 7) is 1.92. The number of benzene rings is 1. The molecular weight excluding hydrogens is 230 g/mol. The van der Waals surface area contributed by atoms with Crippen molar-refractivity contribution in [3.8, 4) is 0 Å². The van der Waals surface area contributed by atoms with Gasteiger partial charge in [-0.3, -0.25) is 4.79 Å². The largest absolute Gasteiger partial charge is 0.469 e. The van der Waals surface area contributed by atoms with Gasteiger partial charge in [0.25, 0.3) is 5.91 Å². The summed E-state index contributed by atoms with van der Waals surface area (Å²) in [5.41, 5.74) is 2.27. The SMILES string of the molecule is Cc1cc(C(=O)Nc2ccc(CCO)cc2)co1. The molecule has 0 atom stereocenters. The summed E-state index contributed by atoms with van der Waals surface area (Å²) in [6, 6.07) is 9.08. The summed E-state index contributed by atoms with van der Waals surface area (Å²) in [7, 11) is 0. The molecule has 2 N–H and O–H groups in total. The molecule has 0 aliphatic carbocycles. The molecule has 4 heteroatoms. The van der Waals surface area contributed by atoms with Gasteiger partial charge in [0.15, 0.2) is 0 Å². The van der Waals surface area contributed by atoms with Crippen LogP contribution in [0.2, 0.25) is 0 Å². The molecule has 0 fully saturated rings. The third kappa shape index (κ3) is 2.99. The molecule has 0 spiro atoms. The lowest BCUT2D eigenvalue weighted by Gasteiger charge is -2.04. The highest BCUT2D eigenvalue weighted by molar-refractivity contribution is 6.04. The zero-order valence-corrected chi connectivity index (χ0v) is 10.1. The molecule has 1 amide bonds. The molecule has 0 radical (unpaired) electrons. The maximum atomic E-state index is 11.8. The average Bonchev–Trinajstić information content (AvgIpc) is 2.79. The lowest BCUT2D eigenvalue weighted by molar-refractivity contribution is 0.102. The van der Waals surface area contributed by atoms with Crippen LogP contribution < -0.4 is 5.32 Å². The van der Waals surface area contributed by atoms with E-state index in [0.717, 1.165) is 11.3 Å². The molecule has 0 saturated heterocycles. The van der Waals surface area contributed by atoms with Crippen LogP contribution in [-0.2, 0) is 6.42 Å². The second kappa shape index (κ2) is 5.51. The fourth-order valence-electron chi connectivity index (χ4n) is 1.65. The molecule has 2 aromatic rings. The van der Waals surface area contributed by atoms with Crippen molar-refractivity contribution in [1.82, 2.24) is 0 Å². The van der Waals surface area contributed by atoms with Gasteiger partial charge in [0.05, 0.1) is 5.56 Å². The van der Waals surface area contributed by atoms with Gasteiger partial charge in [-0.1, -0.05) is 12.1 Å². The average molecular weight is 245 g/mol. The zero-order valence-electron chi connectivity index (χ0n) is 10.1. The third-order valence-electron chi connectivity index (χ3n) is 2.61. The van der Waals surface area contributed by atoms with Crippen LogP contribution in [-0.4, -0.2) is 17.6 Å². The highest BCUT2D eigenvalue weighted by atomic mass is 16.3. The van der Waals surface area contributed by atoms with E-state index in [0.29, 0.717) is 17.7 Å². The number of aryl methyl sites for hydroxylation is 1. The van der Waals surface area contributed by atoms with Crippen molar-refractivity contribution in [3.05, 3.63) is 53.5 Å². The molecule has 4 nitrogen and oxygen atoms in total. The van der Waals surface area contributed by atoms with E-state index >= 15 is 0 Å². The van der Waals surface area contributed by atoms with E-state index in [2.05, 4.69) is 5.32 Å². The van der Waals surface area contributed by atoms with Crippen LogP contribution in [0, 0.1) is 6.92 Å². The first-order valence-electron chi connectivity index (χ1n) is 5.75. The van der Waals surface area contributed by atoms with Crippen LogP contribution in [0.15, 0.2) is 41.0 Å². The number of rotatable bonds is 4. The minimum absolute atomic E-state index is 0.125. The van der Waals surface area contributed by atoms with Gasteiger partial charge in [0.1, 0.15) is 12.0 Å². The van der Waals surface area contributed by atoms with Crippen molar-refractivity contribution >= 4 is 11.6 Å². The van der Waals surface area contributed by atoms with Gasteiger partial charge < -0.3 is 14.8 Å². The number of hydrogen-bond acceptors (Lipinski definition) is 3. The van der Waals surface area contributed by atoms with Crippen molar-refractivity contribution in [1.29, 1.82) is 0 Å². The molecule has 18 heavy (non-hydrogen) atoms. The molecule has 94 valence electrons. The van der Waals surface area contributed by atoms with E-state index in [1.165, 1.54) is 6.26 Å². The Morgan fingerprint density at radius 1 is 1.33 bits per heavy atom. The molecule has 1 heterocycles. The van der Waals surface area contributed by atoms with Crippen LogP contribution in [0.25, 0.3) is 0 Å². The lowest BCUT2D eigenvalue weighted by atomic mass is 10.1. The molecule has 0 saturated carbocycles. The fraction of sp³-hybridized carbons (Fsp3) is 0.214. The fourth-order valence-corrected chi connectivity index (χ4v) is 1.65. The minimum Gasteiger partial charge on any atom is -0.469 e. The van der Waals surface area contributed by atoms with Crippen molar-refractivity contribution in [2.24, 2.45) is 0 Å². The van der Waals surface area contributed by atoms with Gasteiger partial charge in [0, 0.05) is 12.3 Å². The highest BCUT2D eigenvalue weighted by Gasteiger charge is 2.08. The van der Waals surface area contributed by atoms with Crippen LogP contribution in [0.1, 0.15) is 21.7 Å². The lowest BCUT2D eigenvalue weighted by Crippen LogP contribution is -2.10. The van der Waals surface area contributed by atoms with Crippen LogP contribution in [0.4, 0.5) is 5.69 Å². The first-order chi connectivity index (χ1) is 8.69. The summed E-state index contributed by atoms with van der Waals surface area (Å²) < 4.78 is 5.09. The summed E-state index contributed by atoms with van der Waals surface area (Å²) in [5, 5.41) is 11.6. The van der Waals surface area contributed by atoms with Crippen molar-refractivity contribution in [3.63, 3.8) is 0 Å². The second-order valence-electron chi connectivity index (χ2n) is 4.07. The molecule has 2 rings (SSSR count). The number of anilines is 1. The third-order valence-corrected chi connectivity index (χ3v) is 2.61. The van der Waals surface area contributed by atoms with Gasteiger partial charge in [0.2, 0.25) is 0 Å².